The molecule has 0 saturated heterocycles. The van der Waals surface area contributed by atoms with Gasteiger partial charge in [0, 0.05) is 40.9 Å². The van der Waals surface area contributed by atoms with E-state index in [9.17, 15) is 0 Å². The third kappa shape index (κ3) is 5.94. The van der Waals surface area contributed by atoms with Crippen molar-refractivity contribution in [1.29, 1.82) is 0 Å². The second kappa shape index (κ2) is 12.6. The zero-order chi connectivity index (χ0) is 32.7. The van der Waals surface area contributed by atoms with Gasteiger partial charge < -0.3 is 4.74 Å². The maximum absolute atomic E-state index is 6.68. The van der Waals surface area contributed by atoms with Crippen LogP contribution in [0, 0.1) is 19.8 Å². The molecule has 0 unspecified atom stereocenters. The molecule has 0 atom stereocenters. The Bertz CT molecular complexity index is 2210. The number of rotatable bonds is 9. The Hall–Kier alpha value is -5.16. The first kappa shape index (κ1) is 30.5. The molecule has 0 spiro atoms. The van der Waals surface area contributed by atoms with E-state index in [1.54, 1.807) is 0 Å². The van der Waals surface area contributed by atoms with Crippen molar-refractivity contribution in [3.8, 4) is 34.1 Å². The summed E-state index contributed by atoms with van der Waals surface area (Å²) in [6, 6.07) is 30.2. The van der Waals surface area contributed by atoms with Crippen LogP contribution in [0.1, 0.15) is 55.5 Å². The molecule has 0 aliphatic rings. The highest BCUT2D eigenvalue weighted by molar-refractivity contribution is 6.09. The molecule has 7 aromatic rings. The summed E-state index contributed by atoms with van der Waals surface area (Å²) < 4.78 is 10.9. The van der Waals surface area contributed by atoms with Gasteiger partial charge in [0.25, 0.3) is 0 Å². The van der Waals surface area contributed by atoms with Crippen molar-refractivity contribution < 1.29 is 4.74 Å². The SMILES string of the molecule is CCc1cc(C)cc(CC)c1-c1cnn(-c2cc(CC(C)C)cc(Oc3ccc4c5ccccc5n(-c5cc(C)ccn5)c4c3)c2)c1. The Morgan fingerprint density at radius 1 is 0.745 bits per heavy atom. The topological polar surface area (TPSA) is 44.9 Å². The average molecular weight is 619 g/mol. The molecule has 5 heteroatoms. The zero-order valence-electron chi connectivity index (χ0n) is 28.2. The van der Waals surface area contributed by atoms with Crippen LogP contribution in [0.3, 0.4) is 0 Å². The monoisotopic (exact) mass is 618 g/mol. The minimum absolute atomic E-state index is 0.506. The molecule has 0 amide bonds. The highest BCUT2D eigenvalue weighted by Crippen LogP contribution is 2.36. The van der Waals surface area contributed by atoms with Crippen molar-refractivity contribution in [1.82, 2.24) is 19.3 Å². The van der Waals surface area contributed by atoms with Crippen molar-refractivity contribution >= 4 is 21.8 Å². The number of pyridine rings is 1. The minimum atomic E-state index is 0.506. The molecule has 3 aromatic heterocycles. The van der Waals surface area contributed by atoms with E-state index in [1.165, 1.54) is 44.2 Å². The van der Waals surface area contributed by atoms with Gasteiger partial charge in [-0.2, -0.15) is 5.10 Å². The number of ether oxygens (including phenoxy) is 1. The Morgan fingerprint density at radius 2 is 1.51 bits per heavy atom. The molecule has 0 radical (unpaired) electrons. The third-order valence-electron chi connectivity index (χ3n) is 8.95. The number of hydrogen-bond donors (Lipinski definition) is 0. The maximum Gasteiger partial charge on any atom is 0.137 e. The van der Waals surface area contributed by atoms with E-state index < -0.39 is 0 Å². The van der Waals surface area contributed by atoms with Crippen LogP contribution in [-0.4, -0.2) is 19.3 Å². The molecule has 0 N–H and O–H groups in total. The van der Waals surface area contributed by atoms with Crippen molar-refractivity contribution in [2.75, 3.05) is 0 Å². The summed E-state index contributed by atoms with van der Waals surface area (Å²) in [6.45, 7) is 13.3. The molecule has 0 fully saturated rings. The molecule has 5 nitrogen and oxygen atoms in total. The van der Waals surface area contributed by atoms with E-state index >= 15 is 0 Å². The quantitative estimate of drug-likeness (QED) is 0.162. The van der Waals surface area contributed by atoms with Crippen LogP contribution in [0.15, 0.2) is 104 Å². The standard InChI is InChI=1S/C42H42N4O/c1-7-31-18-29(6)19-32(8-2)42(31)33-25-44-45(26-33)34-21-30(17-27(3)4)22-36(23-34)47-35-13-14-38-37-11-9-10-12-39(37)46(40(38)24-35)41-20-28(5)15-16-43-41/h9-16,18-27H,7-8,17H2,1-6H3. The van der Waals surface area contributed by atoms with E-state index in [4.69, 9.17) is 14.8 Å². The van der Waals surface area contributed by atoms with Gasteiger partial charge >= 0.3 is 0 Å². The molecule has 236 valence electrons. The smallest absolute Gasteiger partial charge is 0.137 e. The van der Waals surface area contributed by atoms with Crippen molar-refractivity contribution in [3.63, 3.8) is 0 Å². The van der Waals surface area contributed by atoms with Gasteiger partial charge in [-0.1, -0.05) is 63.6 Å². The van der Waals surface area contributed by atoms with Crippen LogP contribution in [0.5, 0.6) is 11.5 Å². The van der Waals surface area contributed by atoms with Crippen LogP contribution >= 0.6 is 0 Å². The molecule has 0 bridgehead atoms. The van der Waals surface area contributed by atoms with Crippen molar-refractivity contribution in [3.05, 3.63) is 131 Å². The fourth-order valence-corrected chi connectivity index (χ4v) is 6.93. The largest absolute Gasteiger partial charge is 0.457 e. The summed E-state index contributed by atoms with van der Waals surface area (Å²) in [5.41, 5.74) is 12.1. The maximum atomic E-state index is 6.68. The van der Waals surface area contributed by atoms with Gasteiger partial charge in [0.1, 0.15) is 17.3 Å². The fourth-order valence-electron chi connectivity index (χ4n) is 6.93. The second-order valence-electron chi connectivity index (χ2n) is 13.1. The predicted octanol–water partition coefficient (Wildman–Crippen LogP) is 10.8. The predicted molar refractivity (Wildman–Crippen MR) is 194 cm³/mol. The Kier molecular flexibility index (Phi) is 8.15. The molecule has 47 heavy (non-hydrogen) atoms. The molecule has 3 heterocycles. The molecule has 7 rings (SSSR count). The van der Waals surface area contributed by atoms with Crippen LogP contribution < -0.4 is 4.74 Å². The third-order valence-corrected chi connectivity index (χ3v) is 8.95. The van der Waals surface area contributed by atoms with Crippen LogP contribution in [0.25, 0.3) is 44.4 Å². The lowest BCUT2D eigenvalue weighted by molar-refractivity contribution is 0.481. The first-order valence-electron chi connectivity index (χ1n) is 16.8. The number of fused-ring (bicyclic) bond motifs is 3. The van der Waals surface area contributed by atoms with Crippen molar-refractivity contribution in [2.24, 2.45) is 5.92 Å². The molecule has 0 aliphatic carbocycles. The Morgan fingerprint density at radius 3 is 2.26 bits per heavy atom. The van der Waals surface area contributed by atoms with Gasteiger partial charge in [0.15, 0.2) is 0 Å². The lowest BCUT2D eigenvalue weighted by atomic mass is 9.91. The summed E-state index contributed by atoms with van der Waals surface area (Å²) in [5.74, 6) is 2.98. The van der Waals surface area contributed by atoms with Gasteiger partial charge in [-0.15, -0.1) is 0 Å². The Balaban J connectivity index is 1.30. The van der Waals surface area contributed by atoms with Gasteiger partial charge in [-0.3, -0.25) is 4.57 Å². The highest BCUT2D eigenvalue weighted by atomic mass is 16.5. The van der Waals surface area contributed by atoms with Gasteiger partial charge in [0.05, 0.1) is 22.9 Å². The van der Waals surface area contributed by atoms with Crippen molar-refractivity contribution in [2.45, 2.75) is 60.8 Å². The second-order valence-corrected chi connectivity index (χ2v) is 13.1. The van der Waals surface area contributed by atoms with Gasteiger partial charge in [-0.05, 0) is 109 Å². The normalized spacial score (nSPS) is 11.6. The van der Waals surface area contributed by atoms with E-state index in [2.05, 4.69) is 131 Å². The minimum Gasteiger partial charge on any atom is -0.457 e. The first-order chi connectivity index (χ1) is 22.8. The summed E-state index contributed by atoms with van der Waals surface area (Å²) in [7, 11) is 0. The summed E-state index contributed by atoms with van der Waals surface area (Å²) >= 11 is 0. The molecule has 4 aromatic carbocycles. The van der Waals surface area contributed by atoms with E-state index in [0.717, 1.165) is 58.9 Å². The summed E-state index contributed by atoms with van der Waals surface area (Å²) in [5, 5.41) is 7.24. The van der Waals surface area contributed by atoms with E-state index in [-0.39, 0.29) is 0 Å². The zero-order valence-corrected chi connectivity index (χ0v) is 28.2. The Labute approximate surface area is 277 Å². The highest BCUT2D eigenvalue weighted by Gasteiger charge is 2.16. The molecular weight excluding hydrogens is 576 g/mol. The number of para-hydroxylation sites is 1. The number of hydrogen-bond acceptors (Lipinski definition) is 3. The van der Waals surface area contributed by atoms with Crippen LogP contribution in [-0.2, 0) is 19.3 Å². The molecule has 0 aliphatic heterocycles. The summed E-state index contributed by atoms with van der Waals surface area (Å²) in [4.78, 5) is 4.74. The number of aryl methyl sites for hydroxylation is 4. The lowest BCUT2D eigenvalue weighted by Crippen LogP contribution is -2.00. The number of benzene rings is 4. The summed E-state index contributed by atoms with van der Waals surface area (Å²) in [6.07, 6.45) is 8.97. The number of nitrogens with zero attached hydrogens (tertiary/aromatic N) is 4. The lowest BCUT2D eigenvalue weighted by Gasteiger charge is -2.14. The van der Waals surface area contributed by atoms with Gasteiger partial charge in [-0.25, -0.2) is 9.67 Å². The van der Waals surface area contributed by atoms with Crippen LogP contribution in [0.4, 0.5) is 0 Å². The van der Waals surface area contributed by atoms with E-state index in [0.29, 0.717) is 5.92 Å². The average Bonchev–Trinajstić information content (AvgIpc) is 3.67. The number of aromatic nitrogens is 4. The van der Waals surface area contributed by atoms with Gasteiger partial charge in [0.2, 0.25) is 0 Å². The first-order valence-corrected chi connectivity index (χ1v) is 16.8. The fraction of sp³-hybridized carbons (Fsp3) is 0.238. The van der Waals surface area contributed by atoms with E-state index in [1.807, 2.05) is 23.1 Å². The molecule has 0 saturated carbocycles. The molecular formula is C42H42N4O. The van der Waals surface area contributed by atoms with Crippen LogP contribution in [0.2, 0.25) is 0 Å².